The Kier molecular flexibility index (Phi) is 6.02. The van der Waals surface area contributed by atoms with Crippen molar-refractivity contribution < 1.29 is 4.79 Å². The molecule has 0 saturated heterocycles. The van der Waals surface area contributed by atoms with E-state index in [1.54, 1.807) is 0 Å². The molecule has 2 aromatic heterocycles. The molecule has 184 valence electrons. The molecule has 1 N–H and O–H groups in total. The molecule has 3 aromatic carbocycles. The predicted octanol–water partition coefficient (Wildman–Crippen LogP) is 6.44. The molecule has 1 aliphatic rings. The Bertz CT molecular complexity index is 1540. The Morgan fingerprint density at radius 1 is 0.946 bits per heavy atom. The van der Waals surface area contributed by atoms with Crippen LogP contribution >= 0.6 is 11.6 Å². The van der Waals surface area contributed by atoms with Gasteiger partial charge in [0.2, 0.25) is 0 Å². The second kappa shape index (κ2) is 9.64. The molecule has 6 nitrogen and oxygen atoms in total. The van der Waals surface area contributed by atoms with E-state index >= 15 is 0 Å². The predicted molar refractivity (Wildman–Crippen MR) is 145 cm³/mol. The number of nitrogens with zero attached hydrogens (tertiary/aromatic N) is 4. The molecule has 0 saturated carbocycles. The number of carbonyl (C=O) groups excluding carboxylic acids is 1. The summed E-state index contributed by atoms with van der Waals surface area (Å²) in [5.74, 6) is 0.945. The highest BCUT2D eigenvalue weighted by molar-refractivity contribution is 6.30. The number of hydrogen-bond acceptors (Lipinski definition) is 2. The van der Waals surface area contributed by atoms with Gasteiger partial charge in [-0.15, -0.1) is 0 Å². The number of aryl methyl sites for hydroxylation is 1. The molecule has 0 unspecified atom stereocenters. The van der Waals surface area contributed by atoms with E-state index in [-0.39, 0.29) is 12.1 Å². The van der Waals surface area contributed by atoms with Crippen molar-refractivity contribution in [2.75, 3.05) is 0 Å². The molecule has 6 rings (SSSR count). The van der Waals surface area contributed by atoms with Gasteiger partial charge in [0.15, 0.2) is 0 Å². The Morgan fingerprint density at radius 2 is 1.65 bits per heavy atom. The molecular weight excluding hydrogens is 482 g/mol. The number of amides is 2. The number of hydrogen-bond donors (Lipinski definition) is 1. The minimum atomic E-state index is -0.320. The summed E-state index contributed by atoms with van der Waals surface area (Å²) < 4.78 is 4.13. The summed E-state index contributed by atoms with van der Waals surface area (Å²) >= 11 is 6.23. The van der Waals surface area contributed by atoms with Crippen molar-refractivity contribution in [2.24, 2.45) is 0 Å². The molecule has 2 amide bonds. The first-order valence-corrected chi connectivity index (χ1v) is 12.6. The van der Waals surface area contributed by atoms with Crippen LogP contribution in [0.3, 0.4) is 0 Å². The van der Waals surface area contributed by atoms with E-state index in [1.807, 2.05) is 114 Å². The normalized spacial score (nSPS) is 14.5. The number of benzene rings is 3. The number of carbonyl (C=O) groups is 1. The monoisotopic (exact) mass is 507 g/mol. The summed E-state index contributed by atoms with van der Waals surface area (Å²) in [7, 11) is 0. The number of nitrogens with one attached hydrogen (secondary N) is 1. The summed E-state index contributed by atoms with van der Waals surface area (Å²) in [6.07, 6.45) is 2.04. The van der Waals surface area contributed by atoms with Gasteiger partial charge < -0.3 is 14.8 Å². The first kappa shape index (κ1) is 23.1. The molecule has 37 heavy (non-hydrogen) atoms. The van der Waals surface area contributed by atoms with E-state index in [4.69, 9.17) is 16.7 Å². The van der Waals surface area contributed by atoms with E-state index in [0.717, 1.165) is 39.6 Å². The summed E-state index contributed by atoms with van der Waals surface area (Å²) in [5, 5.41) is 8.70. The minimum Gasteiger partial charge on any atom is -0.334 e. The smallest absolute Gasteiger partial charge is 0.318 e. The molecule has 0 bridgehead atoms. The van der Waals surface area contributed by atoms with Crippen LogP contribution in [0.5, 0.6) is 0 Å². The third kappa shape index (κ3) is 4.30. The average molecular weight is 508 g/mol. The van der Waals surface area contributed by atoms with Crippen LogP contribution in [0.1, 0.15) is 34.1 Å². The topological polar surface area (TPSA) is 55.1 Å². The van der Waals surface area contributed by atoms with E-state index in [9.17, 15) is 4.79 Å². The van der Waals surface area contributed by atoms with Crippen molar-refractivity contribution in [3.8, 4) is 11.5 Å². The van der Waals surface area contributed by atoms with Gasteiger partial charge in [-0.05, 0) is 54.4 Å². The fraction of sp³-hybridized carbons (Fsp3) is 0.133. The van der Waals surface area contributed by atoms with Gasteiger partial charge in [0.1, 0.15) is 5.82 Å². The zero-order valence-electron chi connectivity index (χ0n) is 20.4. The van der Waals surface area contributed by atoms with Gasteiger partial charge in [0.25, 0.3) is 0 Å². The number of aromatic nitrogens is 3. The average Bonchev–Trinajstić information content (AvgIpc) is 3.49. The van der Waals surface area contributed by atoms with E-state index in [2.05, 4.69) is 16.0 Å². The Hall–Kier alpha value is -4.29. The largest absolute Gasteiger partial charge is 0.334 e. The molecule has 1 atom stereocenters. The zero-order valence-corrected chi connectivity index (χ0v) is 21.1. The second-order valence-electron chi connectivity index (χ2n) is 9.16. The number of rotatable bonds is 4. The van der Waals surface area contributed by atoms with E-state index < -0.39 is 0 Å². The van der Waals surface area contributed by atoms with Crippen LogP contribution in [0.2, 0.25) is 5.02 Å². The molecule has 7 heteroatoms. The van der Waals surface area contributed by atoms with Crippen LogP contribution in [-0.2, 0) is 13.1 Å². The number of para-hydroxylation sites is 1. The molecule has 0 fully saturated rings. The number of urea groups is 1. The fourth-order valence-electron chi connectivity index (χ4n) is 5.02. The van der Waals surface area contributed by atoms with Gasteiger partial charge >= 0.3 is 6.03 Å². The Morgan fingerprint density at radius 3 is 2.38 bits per heavy atom. The molecular formula is C30H26ClN5O. The zero-order chi connectivity index (χ0) is 25.4. The van der Waals surface area contributed by atoms with Gasteiger partial charge in [-0.2, -0.15) is 5.10 Å². The molecule has 1 aliphatic heterocycles. The summed E-state index contributed by atoms with van der Waals surface area (Å²) in [6, 6.07) is 31.4. The minimum absolute atomic E-state index is 0.142. The van der Waals surface area contributed by atoms with Crippen LogP contribution in [0, 0.1) is 6.92 Å². The molecule has 3 heterocycles. The maximum atomic E-state index is 13.9. The van der Waals surface area contributed by atoms with Crippen LogP contribution in [-0.4, -0.2) is 25.3 Å². The van der Waals surface area contributed by atoms with Crippen molar-refractivity contribution in [1.29, 1.82) is 0 Å². The van der Waals surface area contributed by atoms with Gasteiger partial charge in [-0.1, -0.05) is 72.3 Å². The maximum Gasteiger partial charge on any atom is 0.318 e. The lowest BCUT2D eigenvalue weighted by Crippen LogP contribution is -2.41. The summed E-state index contributed by atoms with van der Waals surface area (Å²) in [5.41, 5.74) is 5.88. The van der Waals surface area contributed by atoms with Gasteiger partial charge in [0.05, 0.1) is 29.7 Å². The highest BCUT2D eigenvalue weighted by Gasteiger charge is 2.35. The van der Waals surface area contributed by atoms with E-state index in [1.165, 1.54) is 0 Å². The molecule has 0 spiro atoms. The highest BCUT2D eigenvalue weighted by Crippen LogP contribution is 2.38. The van der Waals surface area contributed by atoms with E-state index in [0.29, 0.717) is 18.1 Å². The van der Waals surface area contributed by atoms with Gasteiger partial charge in [0, 0.05) is 23.3 Å². The molecule has 0 aliphatic carbocycles. The van der Waals surface area contributed by atoms with Crippen molar-refractivity contribution in [3.63, 3.8) is 0 Å². The first-order chi connectivity index (χ1) is 18.1. The third-order valence-corrected chi connectivity index (χ3v) is 7.07. The summed E-state index contributed by atoms with van der Waals surface area (Å²) in [6.45, 7) is 2.85. The van der Waals surface area contributed by atoms with Crippen LogP contribution < -0.4 is 5.32 Å². The van der Waals surface area contributed by atoms with Crippen molar-refractivity contribution in [3.05, 3.63) is 136 Å². The first-order valence-electron chi connectivity index (χ1n) is 12.3. The Labute approximate surface area is 220 Å². The number of halogens is 1. The molecule has 5 aromatic rings. The lowest BCUT2D eigenvalue weighted by atomic mass is 10.0. The van der Waals surface area contributed by atoms with Gasteiger partial charge in [-0.3, -0.25) is 0 Å². The fourth-order valence-corrected chi connectivity index (χ4v) is 5.15. The lowest BCUT2D eigenvalue weighted by molar-refractivity contribution is 0.180. The quantitative estimate of drug-likeness (QED) is 0.304. The molecule has 0 radical (unpaired) electrons. The lowest BCUT2D eigenvalue weighted by Gasteiger charge is -2.31. The highest BCUT2D eigenvalue weighted by atomic mass is 35.5. The SMILES string of the molecule is Cc1nn(-c2ccccc2)c2c1CN(C(=O)NCc1ccccc1)[C@H](c1ccc(Cl)cc1)c1cccn1-2. The summed E-state index contributed by atoms with van der Waals surface area (Å²) in [4.78, 5) is 15.8. The van der Waals surface area contributed by atoms with Crippen molar-refractivity contribution >= 4 is 17.6 Å². The maximum absolute atomic E-state index is 13.9. The number of fused-ring (bicyclic) bond motifs is 3. The van der Waals surface area contributed by atoms with Crippen molar-refractivity contribution in [2.45, 2.75) is 26.1 Å². The van der Waals surface area contributed by atoms with Gasteiger partial charge in [-0.25, -0.2) is 9.48 Å². The standard InChI is InChI=1S/C30H26ClN5O/c1-21-26-20-35(30(37)32-19-22-9-4-2-5-10-22)28(23-14-16-24(31)17-15-23)27-13-8-18-34(27)29(26)36(33-21)25-11-6-3-7-12-25/h2-18,28H,19-20H2,1H3,(H,32,37)/t28-/m1/s1. The van der Waals surface area contributed by atoms with Crippen LogP contribution in [0.4, 0.5) is 4.79 Å². The Balaban J connectivity index is 1.49. The van der Waals surface area contributed by atoms with Crippen LogP contribution in [0.15, 0.2) is 103 Å². The third-order valence-electron chi connectivity index (χ3n) is 6.82. The van der Waals surface area contributed by atoms with Crippen molar-refractivity contribution in [1.82, 2.24) is 24.6 Å². The second-order valence-corrected chi connectivity index (χ2v) is 9.60. The van der Waals surface area contributed by atoms with Crippen LogP contribution in [0.25, 0.3) is 11.5 Å².